The van der Waals surface area contributed by atoms with E-state index in [9.17, 15) is 14.7 Å². The molecule has 0 fully saturated rings. The van der Waals surface area contributed by atoms with Gasteiger partial charge in [-0.2, -0.15) is 0 Å². The van der Waals surface area contributed by atoms with Crippen LogP contribution >= 0.6 is 0 Å². The first-order valence-electron chi connectivity index (χ1n) is 4.82. The minimum absolute atomic E-state index is 0. The Kier molecular flexibility index (Phi) is 9.40. The number of nitrogens with zero attached hydrogens (tertiary/aromatic N) is 1. The van der Waals surface area contributed by atoms with Crippen LogP contribution in [-0.4, -0.2) is 30.9 Å². The van der Waals surface area contributed by atoms with Crippen LogP contribution in [0.15, 0.2) is 0 Å². The van der Waals surface area contributed by atoms with Gasteiger partial charge in [-0.15, -0.1) is 0 Å². The zero-order chi connectivity index (χ0) is 11.3. The molecule has 0 aromatic heterocycles. The molecule has 0 aliphatic rings. The Hall–Kier alpha value is -0.0600. The number of hydrogen-bond donors (Lipinski definition) is 0. The molecule has 0 spiro atoms. The third-order valence-electron chi connectivity index (χ3n) is 2.33. The number of amides is 1. The van der Waals surface area contributed by atoms with Crippen LogP contribution in [0.25, 0.3) is 0 Å². The molecule has 0 aromatic carbocycles. The smallest absolute Gasteiger partial charge is 0.550 e. The molecule has 1 amide bonds. The summed E-state index contributed by atoms with van der Waals surface area (Å²) in [7, 11) is 3.33. The Morgan fingerprint density at radius 1 is 1.33 bits per heavy atom. The minimum Gasteiger partial charge on any atom is -0.550 e. The molecular weight excluding hydrogens is 205 g/mol. The normalized spacial score (nSPS) is 13.6. The predicted octanol–water partition coefficient (Wildman–Crippen LogP) is -3.12. The number of carbonyl (C=O) groups is 2. The largest absolute Gasteiger partial charge is 1.00 e. The standard InChI is InChI=1S/C10H19NO3.Na/c1-5-8(10(13)14)6-7(2)9(12)11(3)4;/h7-8H,5-6H2,1-4H3,(H,13,14);/q;+1/p-1. The quantitative estimate of drug-likeness (QED) is 0.463. The van der Waals surface area contributed by atoms with Crippen molar-refractivity contribution in [3.05, 3.63) is 0 Å². The number of rotatable bonds is 5. The van der Waals surface area contributed by atoms with Crippen molar-refractivity contribution < 1.29 is 44.3 Å². The molecule has 0 bridgehead atoms. The van der Waals surface area contributed by atoms with E-state index in [2.05, 4.69) is 0 Å². The van der Waals surface area contributed by atoms with Gasteiger partial charge in [-0.05, 0) is 18.8 Å². The van der Waals surface area contributed by atoms with Gasteiger partial charge >= 0.3 is 29.6 Å². The van der Waals surface area contributed by atoms with Crippen LogP contribution in [0.1, 0.15) is 26.7 Å². The minimum atomic E-state index is -1.06. The fraction of sp³-hybridized carbons (Fsp3) is 0.800. The molecule has 2 atom stereocenters. The molecule has 0 N–H and O–H groups in total. The monoisotopic (exact) mass is 223 g/mol. The number of carboxylic acids is 1. The van der Waals surface area contributed by atoms with Crippen LogP contribution in [-0.2, 0) is 9.59 Å². The van der Waals surface area contributed by atoms with Crippen molar-refractivity contribution in [3.8, 4) is 0 Å². The van der Waals surface area contributed by atoms with Crippen LogP contribution in [0.4, 0.5) is 0 Å². The molecule has 0 aromatic rings. The number of carbonyl (C=O) groups excluding carboxylic acids is 2. The van der Waals surface area contributed by atoms with Crippen molar-refractivity contribution in [2.24, 2.45) is 11.8 Å². The first-order valence-corrected chi connectivity index (χ1v) is 4.82. The summed E-state index contributed by atoms with van der Waals surface area (Å²) in [5.41, 5.74) is 0. The molecule has 4 nitrogen and oxygen atoms in total. The van der Waals surface area contributed by atoms with Crippen LogP contribution in [0, 0.1) is 11.8 Å². The van der Waals surface area contributed by atoms with E-state index < -0.39 is 11.9 Å². The maximum atomic E-state index is 11.4. The summed E-state index contributed by atoms with van der Waals surface area (Å²) in [6.45, 7) is 3.53. The Balaban J connectivity index is 0. The molecule has 82 valence electrons. The summed E-state index contributed by atoms with van der Waals surface area (Å²) >= 11 is 0. The average molecular weight is 223 g/mol. The van der Waals surface area contributed by atoms with E-state index in [4.69, 9.17) is 0 Å². The number of hydrogen-bond acceptors (Lipinski definition) is 3. The Bertz CT molecular complexity index is 219. The van der Waals surface area contributed by atoms with E-state index in [0.29, 0.717) is 12.8 Å². The van der Waals surface area contributed by atoms with Crippen molar-refractivity contribution in [3.63, 3.8) is 0 Å². The Labute approximate surface area is 113 Å². The Morgan fingerprint density at radius 3 is 2.07 bits per heavy atom. The molecule has 0 aliphatic heterocycles. The van der Waals surface area contributed by atoms with Crippen molar-refractivity contribution in [2.75, 3.05) is 14.1 Å². The zero-order valence-electron chi connectivity index (χ0n) is 10.2. The summed E-state index contributed by atoms with van der Waals surface area (Å²) in [5, 5.41) is 10.6. The van der Waals surface area contributed by atoms with E-state index in [1.54, 1.807) is 27.9 Å². The predicted molar refractivity (Wildman–Crippen MR) is 51.3 cm³/mol. The molecule has 2 unspecified atom stereocenters. The topological polar surface area (TPSA) is 60.4 Å². The molecule has 0 radical (unpaired) electrons. The van der Waals surface area contributed by atoms with Gasteiger partial charge in [0.1, 0.15) is 0 Å². The number of carboxylic acid groups (broad SMARTS) is 1. The third kappa shape index (κ3) is 6.17. The fourth-order valence-electron chi connectivity index (χ4n) is 1.40. The molecular formula is C10H18NNaO3. The van der Waals surface area contributed by atoms with Gasteiger partial charge in [0.25, 0.3) is 0 Å². The average Bonchev–Trinajstić information content (AvgIpc) is 2.11. The maximum absolute atomic E-state index is 11.4. The molecule has 0 saturated carbocycles. The van der Waals surface area contributed by atoms with Gasteiger partial charge in [-0.1, -0.05) is 13.8 Å². The van der Waals surface area contributed by atoms with Crippen molar-refractivity contribution in [1.82, 2.24) is 4.90 Å². The molecule has 15 heavy (non-hydrogen) atoms. The van der Waals surface area contributed by atoms with Gasteiger partial charge in [0, 0.05) is 26.0 Å². The molecule has 0 heterocycles. The second-order valence-electron chi connectivity index (χ2n) is 3.79. The Morgan fingerprint density at radius 2 is 1.80 bits per heavy atom. The van der Waals surface area contributed by atoms with Crippen LogP contribution < -0.4 is 34.7 Å². The first kappa shape index (κ1) is 17.3. The molecule has 0 aliphatic carbocycles. The van der Waals surface area contributed by atoms with E-state index in [1.807, 2.05) is 0 Å². The van der Waals surface area contributed by atoms with E-state index in [0.717, 1.165) is 0 Å². The summed E-state index contributed by atoms with van der Waals surface area (Å²) in [6, 6.07) is 0. The molecule has 0 rings (SSSR count). The van der Waals surface area contributed by atoms with Gasteiger partial charge in [0.15, 0.2) is 0 Å². The summed E-state index contributed by atoms with van der Waals surface area (Å²) < 4.78 is 0. The summed E-state index contributed by atoms with van der Waals surface area (Å²) in [5.74, 6) is -1.88. The second-order valence-corrected chi connectivity index (χ2v) is 3.79. The van der Waals surface area contributed by atoms with Crippen molar-refractivity contribution in [1.29, 1.82) is 0 Å². The molecule has 5 heteroatoms. The maximum Gasteiger partial charge on any atom is 1.00 e. The van der Waals surface area contributed by atoms with E-state index in [-0.39, 0.29) is 41.4 Å². The number of aliphatic carboxylic acids is 1. The molecule has 0 saturated heterocycles. The third-order valence-corrected chi connectivity index (χ3v) is 2.33. The SMILES string of the molecule is CCC(CC(C)C(=O)N(C)C)C(=O)[O-].[Na+]. The van der Waals surface area contributed by atoms with Crippen LogP contribution in [0.5, 0.6) is 0 Å². The van der Waals surface area contributed by atoms with E-state index in [1.165, 1.54) is 4.90 Å². The second kappa shape index (κ2) is 8.13. The van der Waals surface area contributed by atoms with Gasteiger partial charge in [0.2, 0.25) is 5.91 Å². The van der Waals surface area contributed by atoms with Crippen LogP contribution in [0.3, 0.4) is 0 Å². The van der Waals surface area contributed by atoms with Crippen molar-refractivity contribution in [2.45, 2.75) is 26.7 Å². The van der Waals surface area contributed by atoms with Gasteiger partial charge < -0.3 is 14.8 Å². The first-order chi connectivity index (χ1) is 6.40. The summed E-state index contributed by atoms with van der Waals surface area (Å²) in [4.78, 5) is 23.5. The summed E-state index contributed by atoms with van der Waals surface area (Å²) in [6.07, 6.45) is 0.864. The fourth-order valence-corrected chi connectivity index (χ4v) is 1.40. The zero-order valence-corrected chi connectivity index (χ0v) is 12.2. The van der Waals surface area contributed by atoms with Crippen molar-refractivity contribution >= 4 is 11.9 Å². The van der Waals surface area contributed by atoms with Gasteiger partial charge in [0.05, 0.1) is 0 Å². The van der Waals surface area contributed by atoms with Crippen LogP contribution in [0.2, 0.25) is 0 Å². The van der Waals surface area contributed by atoms with E-state index >= 15 is 0 Å². The van der Waals surface area contributed by atoms with Gasteiger partial charge in [-0.3, -0.25) is 4.79 Å². The van der Waals surface area contributed by atoms with Gasteiger partial charge in [-0.25, -0.2) is 0 Å².